The van der Waals surface area contributed by atoms with Crippen LogP contribution in [0.5, 0.6) is 0 Å². The highest BCUT2D eigenvalue weighted by molar-refractivity contribution is 5.63. The largest absolute Gasteiger partial charge is 0.373 e. The van der Waals surface area contributed by atoms with Crippen LogP contribution in [0.1, 0.15) is 25.0 Å². The van der Waals surface area contributed by atoms with E-state index in [0.717, 1.165) is 23.4 Å². The zero-order valence-electron chi connectivity index (χ0n) is 11.1. The van der Waals surface area contributed by atoms with E-state index < -0.39 is 0 Å². The molecule has 0 bridgehead atoms. The van der Waals surface area contributed by atoms with Crippen molar-refractivity contribution >= 4 is 5.69 Å². The van der Waals surface area contributed by atoms with Gasteiger partial charge in [0.25, 0.3) is 0 Å². The topological polar surface area (TPSA) is 53.0 Å². The first-order valence-corrected chi connectivity index (χ1v) is 5.82. The van der Waals surface area contributed by atoms with Crippen LogP contribution in [-0.4, -0.2) is 20.1 Å². The molecule has 92 valence electrons. The van der Waals surface area contributed by atoms with Gasteiger partial charge in [-0.05, 0) is 30.5 Å². The highest BCUT2D eigenvalue weighted by Gasteiger charge is 2.20. The third-order valence-corrected chi connectivity index (χ3v) is 2.96. The highest BCUT2D eigenvalue weighted by Crippen LogP contribution is 2.26. The summed E-state index contributed by atoms with van der Waals surface area (Å²) in [6, 6.07) is 8.05. The molecule has 0 aromatic heterocycles. The number of nitrogens with two attached hydrogens (primary N) is 1. The van der Waals surface area contributed by atoms with E-state index in [-0.39, 0.29) is 5.41 Å². The normalized spacial score (nSPS) is 11.1. The van der Waals surface area contributed by atoms with Crippen molar-refractivity contribution in [3.63, 3.8) is 0 Å². The Morgan fingerprint density at radius 2 is 2.06 bits per heavy atom. The molecule has 3 heteroatoms. The maximum Gasteiger partial charge on any atom is 0.101 e. The van der Waals surface area contributed by atoms with Crippen LogP contribution in [0.4, 0.5) is 5.69 Å². The maximum atomic E-state index is 9.15. The van der Waals surface area contributed by atoms with Crippen molar-refractivity contribution in [2.75, 3.05) is 25.0 Å². The van der Waals surface area contributed by atoms with Crippen LogP contribution in [0.2, 0.25) is 0 Å². The molecule has 1 rings (SSSR count). The highest BCUT2D eigenvalue weighted by atomic mass is 15.1. The van der Waals surface area contributed by atoms with Crippen LogP contribution < -0.4 is 10.6 Å². The van der Waals surface area contributed by atoms with E-state index in [1.165, 1.54) is 0 Å². The van der Waals surface area contributed by atoms with Gasteiger partial charge in [0.2, 0.25) is 0 Å². The Labute approximate surface area is 104 Å². The van der Waals surface area contributed by atoms with Crippen LogP contribution in [0.25, 0.3) is 0 Å². The Balaban J connectivity index is 3.05. The predicted octanol–water partition coefficient (Wildman–Crippen LogP) is 2.29. The molecule has 0 saturated carbocycles. The molecule has 0 spiro atoms. The number of benzene rings is 1. The molecular weight excluding hydrogens is 210 g/mol. The number of aryl methyl sites for hydroxylation is 1. The van der Waals surface area contributed by atoms with Crippen LogP contribution in [-0.2, 0) is 0 Å². The smallest absolute Gasteiger partial charge is 0.101 e. The lowest BCUT2D eigenvalue weighted by atomic mass is 9.92. The lowest BCUT2D eigenvalue weighted by molar-refractivity contribution is 0.385. The standard InChI is InChI=1S/C14H21N3/c1-11-6-5-7-12(8-15)13(11)17(4)10-14(2,3)9-16/h5-7H,9-10,16H2,1-4H3. The van der Waals surface area contributed by atoms with Crippen molar-refractivity contribution < 1.29 is 0 Å². The molecule has 3 nitrogen and oxygen atoms in total. The molecule has 1 aromatic rings. The van der Waals surface area contributed by atoms with E-state index in [2.05, 4.69) is 24.8 Å². The predicted molar refractivity (Wildman–Crippen MR) is 72.0 cm³/mol. The molecule has 0 radical (unpaired) electrons. The van der Waals surface area contributed by atoms with Crippen LogP contribution >= 0.6 is 0 Å². The van der Waals surface area contributed by atoms with E-state index in [1.807, 2.05) is 32.2 Å². The summed E-state index contributed by atoms with van der Waals surface area (Å²) in [5.74, 6) is 0. The second kappa shape index (κ2) is 5.20. The minimum absolute atomic E-state index is 0.0454. The fourth-order valence-corrected chi connectivity index (χ4v) is 2.04. The summed E-state index contributed by atoms with van der Waals surface area (Å²) >= 11 is 0. The zero-order chi connectivity index (χ0) is 13.1. The van der Waals surface area contributed by atoms with Crippen LogP contribution in [0.15, 0.2) is 18.2 Å². The number of nitrogens with zero attached hydrogens (tertiary/aromatic N) is 2. The molecule has 0 heterocycles. The molecule has 0 fully saturated rings. The van der Waals surface area contributed by atoms with Crippen molar-refractivity contribution in [2.45, 2.75) is 20.8 Å². The Bertz CT molecular complexity index is 430. The van der Waals surface area contributed by atoms with Crippen LogP contribution in [0.3, 0.4) is 0 Å². The molecular formula is C14H21N3. The molecule has 0 saturated heterocycles. The summed E-state index contributed by atoms with van der Waals surface area (Å²) in [6.45, 7) is 7.76. The van der Waals surface area contributed by atoms with Gasteiger partial charge in [0.1, 0.15) is 6.07 Å². The van der Waals surface area contributed by atoms with Gasteiger partial charge in [0.15, 0.2) is 0 Å². The Morgan fingerprint density at radius 1 is 1.41 bits per heavy atom. The number of hydrogen-bond acceptors (Lipinski definition) is 3. The molecule has 1 aromatic carbocycles. The Kier molecular flexibility index (Phi) is 4.14. The summed E-state index contributed by atoms with van der Waals surface area (Å²) in [6.07, 6.45) is 0. The molecule has 0 atom stereocenters. The molecule has 0 amide bonds. The van der Waals surface area contributed by atoms with Crippen molar-refractivity contribution in [1.82, 2.24) is 0 Å². The maximum absolute atomic E-state index is 9.15. The van der Waals surface area contributed by atoms with Crippen molar-refractivity contribution in [2.24, 2.45) is 11.1 Å². The number of para-hydroxylation sites is 1. The average molecular weight is 231 g/mol. The van der Waals surface area contributed by atoms with Crippen LogP contribution in [0, 0.1) is 23.7 Å². The minimum Gasteiger partial charge on any atom is -0.373 e. The van der Waals surface area contributed by atoms with Crippen molar-refractivity contribution in [3.8, 4) is 6.07 Å². The monoisotopic (exact) mass is 231 g/mol. The van der Waals surface area contributed by atoms with Crippen molar-refractivity contribution in [3.05, 3.63) is 29.3 Å². The number of anilines is 1. The summed E-state index contributed by atoms with van der Waals surface area (Å²) in [7, 11) is 2.01. The van der Waals surface area contributed by atoms with Gasteiger partial charge in [-0.1, -0.05) is 26.0 Å². The van der Waals surface area contributed by atoms with Gasteiger partial charge in [-0.25, -0.2) is 0 Å². The number of rotatable bonds is 4. The molecule has 2 N–H and O–H groups in total. The summed E-state index contributed by atoms with van der Waals surface area (Å²) < 4.78 is 0. The quantitative estimate of drug-likeness (QED) is 0.865. The van der Waals surface area contributed by atoms with Gasteiger partial charge in [0.05, 0.1) is 11.3 Å². The molecule has 17 heavy (non-hydrogen) atoms. The summed E-state index contributed by atoms with van der Waals surface area (Å²) in [5.41, 5.74) is 8.65. The van der Waals surface area contributed by atoms with Gasteiger partial charge < -0.3 is 10.6 Å². The first kappa shape index (κ1) is 13.5. The fourth-order valence-electron chi connectivity index (χ4n) is 2.04. The van der Waals surface area contributed by atoms with E-state index in [4.69, 9.17) is 11.0 Å². The zero-order valence-corrected chi connectivity index (χ0v) is 11.1. The van der Waals surface area contributed by atoms with Gasteiger partial charge in [0, 0.05) is 13.6 Å². The second-order valence-electron chi connectivity index (χ2n) is 5.31. The fraction of sp³-hybridized carbons (Fsp3) is 0.500. The Morgan fingerprint density at radius 3 is 2.59 bits per heavy atom. The summed E-state index contributed by atoms with van der Waals surface area (Å²) in [4.78, 5) is 2.13. The van der Waals surface area contributed by atoms with Gasteiger partial charge in [-0.15, -0.1) is 0 Å². The van der Waals surface area contributed by atoms with Gasteiger partial charge >= 0.3 is 0 Å². The number of hydrogen-bond donors (Lipinski definition) is 1. The lowest BCUT2D eigenvalue weighted by Crippen LogP contribution is -2.37. The van der Waals surface area contributed by atoms with E-state index in [1.54, 1.807) is 0 Å². The second-order valence-corrected chi connectivity index (χ2v) is 5.31. The first-order valence-electron chi connectivity index (χ1n) is 5.82. The minimum atomic E-state index is 0.0454. The molecule has 0 aliphatic rings. The van der Waals surface area contributed by atoms with Crippen molar-refractivity contribution in [1.29, 1.82) is 5.26 Å². The summed E-state index contributed by atoms with van der Waals surface area (Å²) in [5, 5.41) is 9.15. The molecule has 0 unspecified atom stereocenters. The third-order valence-electron chi connectivity index (χ3n) is 2.96. The average Bonchev–Trinajstić information content (AvgIpc) is 2.27. The lowest BCUT2D eigenvalue weighted by Gasteiger charge is -2.31. The number of nitriles is 1. The van der Waals surface area contributed by atoms with Gasteiger partial charge in [-0.2, -0.15) is 5.26 Å². The molecule has 0 aliphatic heterocycles. The first-order chi connectivity index (χ1) is 7.91. The van der Waals surface area contributed by atoms with E-state index in [0.29, 0.717) is 6.54 Å². The van der Waals surface area contributed by atoms with E-state index >= 15 is 0 Å². The van der Waals surface area contributed by atoms with E-state index in [9.17, 15) is 0 Å². The SMILES string of the molecule is Cc1cccc(C#N)c1N(C)CC(C)(C)CN. The van der Waals surface area contributed by atoms with Gasteiger partial charge in [-0.3, -0.25) is 0 Å². The third kappa shape index (κ3) is 3.21. The Hall–Kier alpha value is -1.53. The molecule has 0 aliphatic carbocycles.